The Labute approximate surface area is 132 Å². The lowest BCUT2D eigenvalue weighted by Crippen LogP contribution is -2.17. The van der Waals surface area contributed by atoms with Crippen molar-refractivity contribution in [3.8, 4) is 0 Å². The van der Waals surface area contributed by atoms with Crippen LogP contribution >= 0.6 is 0 Å². The maximum atomic E-state index is 2.37. The summed E-state index contributed by atoms with van der Waals surface area (Å²) in [7, 11) is 4.37. The molecule has 3 aromatic carbocycles. The third kappa shape index (κ3) is 2.13. The molecule has 110 valence electrons. The second-order valence-electron chi connectivity index (χ2n) is 6.50. The molecule has 0 spiro atoms. The minimum atomic E-state index is 0.508. The molecule has 0 fully saturated rings. The minimum Gasteiger partial charge on any atom is -0.302 e. The molecule has 2 atom stereocenters. The molecule has 0 heterocycles. The smallest absolute Gasteiger partial charge is 0.0354 e. The summed E-state index contributed by atoms with van der Waals surface area (Å²) < 4.78 is 0. The van der Waals surface area contributed by atoms with E-state index in [0.717, 1.165) is 0 Å². The van der Waals surface area contributed by atoms with Crippen LogP contribution in [-0.2, 0) is 0 Å². The predicted molar refractivity (Wildman–Crippen MR) is 93.3 cm³/mol. The van der Waals surface area contributed by atoms with Crippen molar-refractivity contribution in [3.63, 3.8) is 0 Å². The maximum Gasteiger partial charge on any atom is 0.0354 e. The first-order valence-electron chi connectivity index (χ1n) is 7.98. The third-order valence-electron chi connectivity index (χ3n) is 4.99. The summed E-state index contributed by atoms with van der Waals surface area (Å²) in [6.07, 6.45) is 1.17. The van der Waals surface area contributed by atoms with Crippen LogP contribution in [0.5, 0.6) is 0 Å². The average molecular weight is 287 g/mol. The monoisotopic (exact) mass is 287 g/mol. The zero-order valence-corrected chi connectivity index (χ0v) is 13.2. The number of benzene rings is 3. The number of hydrogen-bond acceptors (Lipinski definition) is 1. The fourth-order valence-corrected chi connectivity index (χ4v) is 3.84. The lowest BCUT2D eigenvalue weighted by molar-refractivity contribution is 0.293. The van der Waals surface area contributed by atoms with E-state index < -0.39 is 0 Å². The Kier molecular flexibility index (Phi) is 3.24. The van der Waals surface area contributed by atoms with Crippen LogP contribution in [-0.4, -0.2) is 19.0 Å². The summed E-state index contributed by atoms with van der Waals surface area (Å²) >= 11 is 0. The molecule has 22 heavy (non-hydrogen) atoms. The highest BCUT2D eigenvalue weighted by molar-refractivity contribution is 5.83. The Balaban J connectivity index is 1.81. The van der Waals surface area contributed by atoms with Crippen molar-refractivity contribution in [2.75, 3.05) is 14.1 Å². The van der Waals surface area contributed by atoms with Crippen LogP contribution in [0.25, 0.3) is 10.8 Å². The standard InChI is InChI=1S/C21H21N/c1-22(2)21-14-20(18-9-5-6-10-19(18)21)17-12-11-15-7-3-4-8-16(15)13-17/h3-13,20-21H,14H2,1-2H3/t20-,21+/m1/s1. The molecule has 0 unspecified atom stereocenters. The normalized spacial score (nSPS) is 20.5. The molecule has 1 nitrogen and oxygen atoms in total. The predicted octanol–water partition coefficient (Wildman–Crippen LogP) is 4.98. The van der Waals surface area contributed by atoms with E-state index in [1.807, 2.05) is 0 Å². The van der Waals surface area contributed by atoms with Gasteiger partial charge >= 0.3 is 0 Å². The summed E-state index contributed by atoms with van der Waals surface area (Å²) in [6, 6.07) is 25.0. The molecule has 1 aliphatic carbocycles. The van der Waals surface area contributed by atoms with Gasteiger partial charge in [-0.25, -0.2) is 0 Å². The van der Waals surface area contributed by atoms with Crippen LogP contribution in [0.3, 0.4) is 0 Å². The van der Waals surface area contributed by atoms with Gasteiger partial charge in [-0.05, 0) is 48.0 Å². The maximum absolute atomic E-state index is 2.37. The van der Waals surface area contributed by atoms with Crippen molar-refractivity contribution in [1.29, 1.82) is 0 Å². The zero-order chi connectivity index (χ0) is 15.1. The molecule has 0 aliphatic heterocycles. The average Bonchev–Trinajstić information content (AvgIpc) is 2.94. The zero-order valence-electron chi connectivity index (χ0n) is 13.2. The van der Waals surface area contributed by atoms with E-state index in [4.69, 9.17) is 0 Å². The van der Waals surface area contributed by atoms with Gasteiger partial charge in [-0.15, -0.1) is 0 Å². The molecule has 0 saturated carbocycles. The Hall–Kier alpha value is -2.12. The number of rotatable bonds is 2. The molecule has 0 aromatic heterocycles. The third-order valence-corrected chi connectivity index (χ3v) is 4.99. The first kappa shape index (κ1) is 13.5. The van der Waals surface area contributed by atoms with Crippen molar-refractivity contribution in [1.82, 2.24) is 4.90 Å². The molecular formula is C21H21N. The minimum absolute atomic E-state index is 0.508. The van der Waals surface area contributed by atoms with Gasteiger partial charge in [-0.2, -0.15) is 0 Å². The van der Waals surface area contributed by atoms with Crippen molar-refractivity contribution in [2.24, 2.45) is 0 Å². The Morgan fingerprint density at radius 1 is 0.773 bits per heavy atom. The molecule has 0 radical (unpaired) electrons. The topological polar surface area (TPSA) is 3.24 Å². The van der Waals surface area contributed by atoms with E-state index in [-0.39, 0.29) is 0 Å². The SMILES string of the molecule is CN(C)[C@H]1C[C@H](c2ccc3ccccc3c2)c2ccccc21. The Morgan fingerprint density at radius 3 is 2.23 bits per heavy atom. The number of fused-ring (bicyclic) bond motifs is 2. The highest BCUT2D eigenvalue weighted by Crippen LogP contribution is 2.46. The van der Waals surface area contributed by atoms with Crippen LogP contribution in [0.4, 0.5) is 0 Å². The summed E-state index contributed by atoms with van der Waals surface area (Å²) in [4.78, 5) is 2.35. The van der Waals surface area contributed by atoms with Crippen LogP contribution < -0.4 is 0 Å². The Morgan fingerprint density at radius 2 is 1.45 bits per heavy atom. The Bertz CT molecular complexity index is 819. The molecule has 0 amide bonds. The van der Waals surface area contributed by atoms with E-state index in [9.17, 15) is 0 Å². The van der Waals surface area contributed by atoms with Gasteiger partial charge in [0.2, 0.25) is 0 Å². The van der Waals surface area contributed by atoms with Crippen molar-refractivity contribution in [2.45, 2.75) is 18.4 Å². The summed E-state index contributed by atoms with van der Waals surface area (Å²) in [5.74, 6) is 0.508. The molecule has 0 N–H and O–H groups in total. The van der Waals surface area contributed by atoms with Crippen molar-refractivity contribution >= 4 is 10.8 Å². The second-order valence-corrected chi connectivity index (χ2v) is 6.50. The largest absolute Gasteiger partial charge is 0.302 e. The van der Waals surface area contributed by atoms with Gasteiger partial charge in [0.05, 0.1) is 0 Å². The van der Waals surface area contributed by atoms with Crippen LogP contribution in [0.15, 0.2) is 66.7 Å². The van der Waals surface area contributed by atoms with Crippen LogP contribution in [0, 0.1) is 0 Å². The molecule has 1 heteroatoms. The number of hydrogen-bond donors (Lipinski definition) is 0. The lowest BCUT2D eigenvalue weighted by Gasteiger charge is -2.20. The van der Waals surface area contributed by atoms with Crippen LogP contribution in [0.2, 0.25) is 0 Å². The lowest BCUT2D eigenvalue weighted by atomic mass is 9.91. The highest BCUT2D eigenvalue weighted by Gasteiger charge is 2.32. The molecule has 3 aromatic rings. The van der Waals surface area contributed by atoms with E-state index in [1.54, 1.807) is 0 Å². The fraction of sp³-hybridized carbons (Fsp3) is 0.238. The second kappa shape index (κ2) is 5.26. The van der Waals surface area contributed by atoms with Gasteiger partial charge in [-0.3, -0.25) is 0 Å². The molecule has 1 aliphatic rings. The van der Waals surface area contributed by atoms with Gasteiger partial charge in [-0.1, -0.05) is 66.7 Å². The van der Waals surface area contributed by atoms with E-state index >= 15 is 0 Å². The van der Waals surface area contributed by atoms with Gasteiger partial charge in [0.25, 0.3) is 0 Å². The highest BCUT2D eigenvalue weighted by atomic mass is 15.1. The van der Waals surface area contributed by atoms with E-state index in [2.05, 4.69) is 85.7 Å². The van der Waals surface area contributed by atoms with Gasteiger partial charge in [0.1, 0.15) is 0 Å². The molecular weight excluding hydrogens is 266 g/mol. The summed E-state index contributed by atoms with van der Waals surface area (Å²) in [5.41, 5.74) is 4.43. The first-order chi connectivity index (χ1) is 10.7. The molecule has 4 rings (SSSR count). The van der Waals surface area contributed by atoms with Crippen LogP contribution in [0.1, 0.15) is 35.1 Å². The van der Waals surface area contributed by atoms with E-state index in [0.29, 0.717) is 12.0 Å². The van der Waals surface area contributed by atoms with Gasteiger partial charge in [0.15, 0.2) is 0 Å². The van der Waals surface area contributed by atoms with Crippen molar-refractivity contribution < 1.29 is 0 Å². The number of nitrogens with zero attached hydrogens (tertiary/aromatic N) is 1. The first-order valence-corrected chi connectivity index (χ1v) is 7.98. The quantitative estimate of drug-likeness (QED) is 0.642. The van der Waals surface area contributed by atoms with Gasteiger partial charge in [0, 0.05) is 12.0 Å². The summed E-state index contributed by atoms with van der Waals surface area (Å²) in [6.45, 7) is 0. The van der Waals surface area contributed by atoms with Crippen molar-refractivity contribution in [3.05, 3.63) is 83.4 Å². The van der Waals surface area contributed by atoms with Gasteiger partial charge < -0.3 is 4.90 Å². The fourth-order valence-electron chi connectivity index (χ4n) is 3.84. The van der Waals surface area contributed by atoms with E-state index in [1.165, 1.54) is 33.9 Å². The molecule has 0 bridgehead atoms. The molecule has 0 saturated heterocycles. The summed E-state index contributed by atoms with van der Waals surface area (Å²) in [5, 5.41) is 2.66.